The molecule has 0 radical (unpaired) electrons. The van der Waals surface area contributed by atoms with E-state index >= 15 is 0 Å². The van der Waals surface area contributed by atoms with E-state index in [-0.39, 0.29) is 18.5 Å². The Morgan fingerprint density at radius 3 is 1.13 bits per heavy atom. The zero-order chi connectivity index (χ0) is 50.7. The maximum absolute atomic E-state index is 12.5. The maximum Gasteiger partial charge on any atom is 0.305 e. The van der Waals surface area contributed by atoms with E-state index in [1.165, 1.54) is 231 Å². The number of aliphatic hydroxyl groups is 2. The molecule has 6 nitrogen and oxygen atoms in total. The summed E-state index contributed by atoms with van der Waals surface area (Å²) in [7, 11) is 0. The van der Waals surface area contributed by atoms with Gasteiger partial charge < -0.3 is 20.3 Å². The number of carbonyl (C=O) groups excluding carboxylic acids is 2. The Morgan fingerprint density at radius 1 is 0.400 bits per heavy atom. The van der Waals surface area contributed by atoms with E-state index in [4.69, 9.17) is 4.74 Å². The zero-order valence-electron chi connectivity index (χ0n) is 46.7. The molecule has 0 aromatic heterocycles. The molecule has 0 aromatic rings. The van der Waals surface area contributed by atoms with Crippen LogP contribution in [0.2, 0.25) is 0 Å². The van der Waals surface area contributed by atoms with Gasteiger partial charge in [0.1, 0.15) is 0 Å². The number of hydrogen-bond acceptors (Lipinski definition) is 5. The van der Waals surface area contributed by atoms with Crippen LogP contribution in [-0.2, 0) is 14.3 Å². The molecule has 0 heterocycles. The lowest BCUT2D eigenvalue weighted by molar-refractivity contribution is -0.143. The molecular weight excluding hydrogens is 863 g/mol. The van der Waals surface area contributed by atoms with Crippen molar-refractivity contribution in [2.24, 2.45) is 0 Å². The molecule has 0 aromatic carbocycles. The van der Waals surface area contributed by atoms with Crippen molar-refractivity contribution < 1.29 is 24.5 Å². The summed E-state index contributed by atoms with van der Waals surface area (Å²) in [6.45, 7) is 4.91. The molecule has 3 N–H and O–H groups in total. The van der Waals surface area contributed by atoms with Crippen LogP contribution in [0.4, 0.5) is 0 Å². The summed E-state index contributed by atoms with van der Waals surface area (Å²) >= 11 is 0. The number of nitrogens with one attached hydrogen (secondary N) is 1. The lowest BCUT2D eigenvalue weighted by atomic mass is 10.0. The quantitative estimate of drug-likeness (QED) is 0.0321. The molecule has 0 saturated heterocycles. The standard InChI is InChI=1S/C64H119NO5/c1-3-5-7-9-11-13-15-17-32-36-40-44-48-52-56-62(67)61(60-66)65-63(68)57-53-49-45-41-37-33-30-28-26-24-22-20-19-21-23-25-27-29-31-35-39-43-47-51-55-59-70-64(69)58-54-50-46-42-38-34-18-16-14-12-10-8-6-4-2/h10,12,16,18,20-23,61-62,66-67H,3-9,11,13-15,17,19,24-60H2,1-2H3,(H,65,68)/b12-10-,18-16-,22-20-,23-21-. The largest absolute Gasteiger partial charge is 0.466 e. The third-order valence-electron chi connectivity index (χ3n) is 14.1. The summed E-state index contributed by atoms with van der Waals surface area (Å²) in [4.78, 5) is 24.5. The lowest BCUT2D eigenvalue weighted by Gasteiger charge is -2.22. The number of carbonyl (C=O) groups is 2. The van der Waals surface area contributed by atoms with E-state index in [2.05, 4.69) is 67.8 Å². The number of aliphatic hydroxyl groups excluding tert-OH is 2. The van der Waals surface area contributed by atoms with E-state index in [1.807, 2.05) is 0 Å². The van der Waals surface area contributed by atoms with Crippen molar-refractivity contribution in [3.05, 3.63) is 48.6 Å². The number of ether oxygens (including phenoxy) is 1. The number of hydrogen-bond donors (Lipinski definition) is 3. The van der Waals surface area contributed by atoms with Crippen molar-refractivity contribution in [3.63, 3.8) is 0 Å². The molecule has 0 aliphatic rings. The third-order valence-corrected chi connectivity index (χ3v) is 14.1. The van der Waals surface area contributed by atoms with Crippen LogP contribution in [0.5, 0.6) is 0 Å². The van der Waals surface area contributed by atoms with Crippen molar-refractivity contribution >= 4 is 11.9 Å². The molecule has 0 spiro atoms. The highest BCUT2D eigenvalue weighted by atomic mass is 16.5. The molecule has 0 aliphatic heterocycles. The van der Waals surface area contributed by atoms with Gasteiger partial charge in [-0.15, -0.1) is 0 Å². The van der Waals surface area contributed by atoms with Gasteiger partial charge in [0.2, 0.25) is 5.91 Å². The van der Waals surface area contributed by atoms with E-state index in [9.17, 15) is 19.8 Å². The second-order valence-corrected chi connectivity index (χ2v) is 21.0. The van der Waals surface area contributed by atoms with Gasteiger partial charge in [-0.1, -0.05) is 274 Å². The Balaban J connectivity index is 3.44. The molecule has 70 heavy (non-hydrogen) atoms. The second kappa shape index (κ2) is 59.4. The van der Waals surface area contributed by atoms with Gasteiger partial charge in [-0.05, 0) is 83.5 Å². The fourth-order valence-electron chi connectivity index (χ4n) is 9.33. The van der Waals surface area contributed by atoms with Crippen LogP contribution in [0.25, 0.3) is 0 Å². The van der Waals surface area contributed by atoms with Crippen LogP contribution in [-0.4, -0.2) is 47.4 Å². The van der Waals surface area contributed by atoms with E-state index in [1.54, 1.807) is 0 Å². The summed E-state index contributed by atoms with van der Waals surface area (Å²) in [5.74, 6) is -0.0467. The molecule has 0 rings (SSSR count). The fourth-order valence-corrected chi connectivity index (χ4v) is 9.33. The Hall–Kier alpha value is -2.18. The lowest BCUT2D eigenvalue weighted by Crippen LogP contribution is -2.45. The van der Waals surface area contributed by atoms with Crippen molar-refractivity contribution in [2.75, 3.05) is 13.2 Å². The molecule has 6 heteroatoms. The van der Waals surface area contributed by atoms with E-state index < -0.39 is 12.1 Å². The second-order valence-electron chi connectivity index (χ2n) is 21.0. The number of rotatable bonds is 57. The molecule has 2 unspecified atom stereocenters. The van der Waals surface area contributed by atoms with E-state index in [0.717, 1.165) is 57.8 Å². The summed E-state index contributed by atoms with van der Waals surface area (Å²) < 4.78 is 5.47. The summed E-state index contributed by atoms with van der Waals surface area (Å²) in [6.07, 6.45) is 75.5. The van der Waals surface area contributed by atoms with Crippen LogP contribution >= 0.6 is 0 Å². The normalized spacial score (nSPS) is 12.9. The first-order chi connectivity index (χ1) is 34.5. The van der Waals surface area contributed by atoms with Gasteiger partial charge in [0.15, 0.2) is 0 Å². The summed E-state index contributed by atoms with van der Waals surface area (Å²) in [6, 6.07) is -0.546. The zero-order valence-corrected chi connectivity index (χ0v) is 46.7. The van der Waals surface area contributed by atoms with Crippen LogP contribution in [0, 0.1) is 0 Å². The molecule has 0 aliphatic carbocycles. The smallest absolute Gasteiger partial charge is 0.305 e. The maximum atomic E-state index is 12.5. The van der Waals surface area contributed by atoms with Crippen LogP contribution in [0.15, 0.2) is 48.6 Å². The summed E-state index contributed by atoms with van der Waals surface area (Å²) in [5, 5.41) is 23.3. The Morgan fingerprint density at radius 2 is 0.729 bits per heavy atom. The van der Waals surface area contributed by atoms with Crippen LogP contribution < -0.4 is 5.32 Å². The molecule has 1 amide bonds. The highest BCUT2D eigenvalue weighted by molar-refractivity contribution is 5.76. The van der Waals surface area contributed by atoms with Gasteiger partial charge in [-0.2, -0.15) is 0 Å². The van der Waals surface area contributed by atoms with E-state index in [0.29, 0.717) is 25.9 Å². The van der Waals surface area contributed by atoms with Crippen molar-refractivity contribution in [3.8, 4) is 0 Å². The predicted octanol–water partition coefficient (Wildman–Crippen LogP) is 19.4. The molecular formula is C64H119NO5. The van der Waals surface area contributed by atoms with Gasteiger partial charge in [0, 0.05) is 12.8 Å². The Labute approximate surface area is 436 Å². The minimum absolute atomic E-state index is 0.00597. The molecule has 0 bridgehead atoms. The first kappa shape index (κ1) is 67.8. The van der Waals surface area contributed by atoms with Crippen LogP contribution in [0.1, 0.15) is 322 Å². The first-order valence-electron chi connectivity index (χ1n) is 30.9. The van der Waals surface area contributed by atoms with Crippen LogP contribution in [0.3, 0.4) is 0 Å². The third kappa shape index (κ3) is 55.1. The Kier molecular flexibility index (Phi) is 57.5. The SMILES string of the molecule is CCCC/C=C\C/C=C\CCCCCCCC(=O)OCCCCCCCCCCC/C=C\C/C=C\CCCCCCCCCCCC(=O)NC(CO)C(O)CCCCCCCCCCCCCCCC. The van der Waals surface area contributed by atoms with Gasteiger partial charge in [-0.25, -0.2) is 0 Å². The molecule has 410 valence electrons. The first-order valence-corrected chi connectivity index (χ1v) is 30.9. The van der Waals surface area contributed by atoms with Gasteiger partial charge >= 0.3 is 5.97 Å². The minimum atomic E-state index is -0.668. The number of unbranched alkanes of at least 4 members (excludes halogenated alkanes) is 38. The average molecular weight is 983 g/mol. The molecule has 2 atom stereocenters. The summed E-state index contributed by atoms with van der Waals surface area (Å²) in [5.41, 5.74) is 0. The van der Waals surface area contributed by atoms with Crippen molar-refractivity contribution in [1.29, 1.82) is 0 Å². The molecule has 0 saturated carbocycles. The van der Waals surface area contributed by atoms with Gasteiger partial charge in [0.25, 0.3) is 0 Å². The highest BCUT2D eigenvalue weighted by Crippen LogP contribution is 2.17. The van der Waals surface area contributed by atoms with Gasteiger partial charge in [-0.3, -0.25) is 9.59 Å². The number of allylic oxidation sites excluding steroid dienone is 8. The minimum Gasteiger partial charge on any atom is -0.466 e. The fraction of sp³-hybridized carbons (Fsp3) is 0.844. The topological polar surface area (TPSA) is 95.9 Å². The monoisotopic (exact) mass is 982 g/mol. The number of amides is 1. The van der Waals surface area contributed by atoms with Gasteiger partial charge in [0.05, 0.1) is 25.4 Å². The van der Waals surface area contributed by atoms with Crippen molar-refractivity contribution in [1.82, 2.24) is 5.32 Å². The van der Waals surface area contributed by atoms with Crippen molar-refractivity contribution in [2.45, 2.75) is 334 Å². The predicted molar refractivity (Wildman–Crippen MR) is 306 cm³/mol. The average Bonchev–Trinajstić information content (AvgIpc) is 3.36. The molecule has 0 fully saturated rings. The highest BCUT2D eigenvalue weighted by Gasteiger charge is 2.20. The Bertz CT molecular complexity index is 1180. The number of esters is 1.